The SMILES string of the molecule is CC(=O)N1CCc2cc(S(=O)(=O)N3CCC(Oc4cccnc4)CC3)ccc21. The van der Waals surface area contributed by atoms with E-state index in [-0.39, 0.29) is 12.0 Å². The quantitative estimate of drug-likeness (QED) is 0.785. The van der Waals surface area contributed by atoms with Gasteiger partial charge in [-0.3, -0.25) is 9.78 Å². The molecule has 1 aromatic carbocycles. The van der Waals surface area contributed by atoms with Crippen molar-refractivity contribution in [3.8, 4) is 5.75 Å². The summed E-state index contributed by atoms with van der Waals surface area (Å²) in [6.07, 6.45) is 5.29. The molecular weight excluding hydrogens is 378 g/mol. The van der Waals surface area contributed by atoms with E-state index >= 15 is 0 Å². The highest BCUT2D eigenvalue weighted by Gasteiger charge is 2.32. The van der Waals surface area contributed by atoms with Gasteiger partial charge in [-0.25, -0.2) is 8.42 Å². The van der Waals surface area contributed by atoms with Crippen molar-refractivity contribution in [2.24, 2.45) is 0 Å². The van der Waals surface area contributed by atoms with Crippen LogP contribution in [0.15, 0.2) is 47.6 Å². The van der Waals surface area contributed by atoms with Crippen molar-refractivity contribution in [1.29, 1.82) is 0 Å². The summed E-state index contributed by atoms with van der Waals surface area (Å²) in [5.74, 6) is 0.683. The van der Waals surface area contributed by atoms with Crippen LogP contribution in [-0.4, -0.2) is 49.4 Å². The third-order valence-electron chi connectivity index (χ3n) is 5.30. The number of rotatable bonds is 4. The average molecular weight is 401 g/mol. The van der Waals surface area contributed by atoms with Gasteiger partial charge in [0.05, 0.1) is 11.1 Å². The summed E-state index contributed by atoms with van der Waals surface area (Å²) in [4.78, 5) is 17.7. The van der Waals surface area contributed by atoms with Crippen molar-refractivity contribution in [3.05, 3.63) is 48.3 Å². The van der Waals surface area contributed by atoms with E-state index < -0.39 is 10.0 Å². The number of piperidine rings is 1. The first kappa shape index (κ1) is 18.9. The monoisotopic (exact) mass is 401 g/mol. The van der Waals surface area contributed by atoms with Crippen LogP contribution in [0.25, 0.3) is 0 Å². The molecule has 1 fully saturated rings. The van der Waals surface area contributed by atoms with E-state index in [9.17, 15) is 13.2 Å². The summed E-state index contributed by atoms with van der Waals surface area (Å²) in [6.45, 7) is 2.97. The fraction of sp³-hybridized carbons (Fsp3) is 0.400. The maximum absolute atomic E-state index is 13.1. The number of benzene rings is 1. The summed E-state index contributed by atoms with van der Waals surface area (Å²) < 4.78 is 33.5. The Hall–Kier alpha value is -2.45. The van der Waals surface area contributed by atoms with Crippen molar-refractivity contribution in [2.45, 2.75) is 37.2 Å². The molecule has 0 unspecified atom stereocenters. The van der Waals surface area contributed by atoms with Gasteiger partial charge in [-0.1, -0.05) is 0 Å². The molecule has 1 aromatic heterocycles. The highest BCUT2D eigenvalue weighted by atomic mass is 32.2. The molecule has 4 rings (SSSR count). The van der Waals surface area contributed by atoms with E-state index in [0.29, 0.717) is 49.5 Å². The maximum atomic E-state index is 13.1. The Bertz CT molecular complexity index is 970. The second kappa shape index (κ2) is 7.52. The van der Waals surface area contributed by atoms with Crippen LogP contribution in [0.1, 0.15) is 25.3 Å². The zero-order valence-corrected chi connectivity index (χ0v) is 16.6. The largest absolute Gasteiger partial charge is 0.489 e. The van der Waals surface area contributed by atoms with E-state index in [1.807, 2.05) is 12.1 Å². The summed E-state index contributed by atoms with van der Waals surface area (Å²) in [6, 6.07) is 8.73. The molecule has 2 aromatic rings. The number of amides is 1. The number of ether oxygens (including phenoxy) is 1. The predicted octanol–water partition coefficient (Wildman–Crippen LogP) is 2.22. The van der Waals surface area contributed by atoms with Gasteiger partial charge in [-0.2, -0.15) is 4.31 Å². The molecule has 0 saturated carbocycles. The van der Waals surface area contributed by atoms with Crippen LogP contribution in [0.3, 0.4) is 0 Å². The molecule has 2 aliphatic rings. The lowest BCUT2D eigenvalue weighted by Gasteiger charge is -2.31. The van der Waals surface area contributed by atoms with Crippen molar-refractivity contribution in [3.63, 3.8) is 0 Å². The van der Waals surface area contributed by atoms with Gasteiger partial charge in [-0.05, 0) is 55.2 Å². The van der Waals surface area contributed by atoms with Crippen LogP contribution < -0.4 is 9.64 Å². The number of pyridine rings is 1. The maximum Gasteiger partial charge on any atom is 0.243 e. The molecule has 0 bridgehead atoms. The second-order valence-electron chi connectivity index (χ2n) is 7.12. The summed E-state index contributed by atoms with van der Waals surface area (Å²) >= 11 is 0. The van der Waals surface area contributed by atoms with Gasteiger partial charge >= 0.3 is 0 Å². The molecule has 1 amide bonds. The molecule has 3 heterocycles. The van der Waals surface area contributed by atoms with Crippen molar-refractivity contribution < 1.29 is 17.9 Å². The fourth-order valence-electron chi connectivity index (χ4n) is 3.81. The lowest BCUT2D eigenvalue weighted by molar-refractivity contribution is -0.116. The number of carbonyl (C=O) groups excluding carboxylic acids is 1. The number of fused-ring (bicyclic) bond motifs is 1. The van der Waals surface area contributed by atoms with Crippen LogP contribution in [0.5, 0.6) is 5.75 Å². The van der Waals surface area contributed by atoms with E-state index in [4.69, 9.17) is 4.74 Å². The third-order valence-corrected chi connectivity index (χ3v) is 7.20. The van der Waals surface area contributed by atoms with E-state index in [1.165, 1.54) is 11.2 Å². The smallest absolute Gasteiger partial charge is 0.243 e. The first-order valence-corrected chi connectivity index (χ1v) is 10.9. The molecule has 0 radical (unpaired) electrons. The highest BCUT2D eigenvalue weighted by molar-refractivity contribution is 7.89. The number of nitrogens with zero attached hydrogens (tertiary/aromatic N) is 3. The molecule has 2 aliphatic heterocycles. The van der Waals surface area contributed by atoms with Gasteiger partial charge in [0.15, 0.2) is 0 Å². The molecule has 0 spiro atoms. The molecule has 0 N–H and O–H groups in total. The normalized spacial score (nSPS) is 18.1. The minimum atomic E-state index is -3.56. The number of hydrogen-bond donors (Lipinski definition) is 0. The predicted molar refractivity (Wildman–Crippen MR) is 105 cm³/mol. The van der Waals surface area contributed by atoms with Crippen molar-refractivity contribution >= 4 is 21.6 Å². The van der Waals surface area contributed by atoms with Gasteiger partial charge in [0.1, 0.15) is 11.9 Å². The molecule has 1 saturated heterocycles. The van der Waals surface area contributed by atoms with Crippen LogP contribution in [0, 0.1) is 0 Å². The van der Waals surface area contributed by atoms with Crippen molar-refractivity contribution in [1.82, 2.24) is 9.29 Å². The standard InChI is InChI=1S/C20H23N3O4S/c1-15(24)23-12-6-16-13-19(4-5-20(16)23)28(25,26)22-10-7-17(8-11-22)27-18-3-2-9-21-14-18/h2-5,9,13-14,17H,6-8,10-12H2,1H3. The average Bonchev–Trinajstić information content (AvgIpc) is 3.13. The minimum absolute atomic E-state index is 0.0141. The number of aromatic nitrogens is 1. The summed E-state index contributed by atoms with van der Waals surface area (Å²) in [5.41, 5.74) is 1.72. The van der Waals surface area contributed by atoms with Gasteiger partial charge in [0, 0.05) is 38.4 Å². The first-order chi connectivity index (χ1) is 13.4. The topological polar surface area (TPSA) is 79.8 Å². The minimum Gasteiger partial charge on any atom is -0.489 e. The first-order valence-electron chi connectivity index (χ1n) is 9.43. The molecule has 28 heavy (non-hydrogen) atoms. The molecule has 0 aliphatic carbocycles. The van der Waals surface area contributed by atoms with E-state index in [0.717, 1.165) is 11.3 Å². The van der Waals surface area contributed by atoms with Gasteiger partial charge < -0.3 is 9.64 Å². The number of hydrogen-bond acceptors (Lipinski definition) is 5. The number of sulfonamides is 1. The third kappa shape index (κ3) is 3.62. The fourth-order valence-corrected chi connectivity index (χ4v) is 5.34. The van der Waals surface area contributed by atoms with Crippen LogP contribution in [0.2, 0.25) is 0 Å². The van der Waals surface area contributed by atoms with Crippen LogP contribution >= 0.6 is 0 Å². The molecule has 148 valence electrons. The summed E-state index contributed by atoms with van der Waals surface area (Å²) in [7, 11) is -3.56. The molecule has 7 nitrogen and oxygen atoms in total. The molecular formula is C20H23N3O4S. The summed E-state index contributed by atoms with van der Waals surface area (Å²) in [5, 5.41) is 0. The second-order valence-corrected chi connectivity index (χ2v) is 9.06. The molecule has 8 heteroatoms. The Morgan fingerprint density at radius 3 is 2.64 bits per heavy atom. The Balaban J connectivity index is 1.44. The van der Waals surface area contributed by atoms with Gasteiger partial charge in [0.2, 0.25) is 15.9 Å². The Kier molecular flexibility index (Phi) is 5.07. The lowest BCUT2D eigenvalue weighted by atomic mass is 10.1. The Labute approximate surface area is 165 Å². The zero-order chi connectivity index (χ0) is 19.7. The Morgan fingerprint density at radius 2 is 1.96 bits per heavy atom. The van der Waals surface area contributed by atoms with Crippen LogP contribution in [-0.2, 0) is 21.2 Å². The molecule has 0 atom stereocenters. The van der Waals surface area contributed by atoms with Gasteiger partial charge in [0.25, 0.3) is 0 Å². The number of anilines is 1. The Morgan fingerprint density at radius 1 is 1.18 bits per heavy atom. The van der Waals surface area contributed by atoms with Gasteiger partial charge in [-0.15, -0.1) is 0 Å². The zero-order valence-electron chi connectivity index (χ0n) is 15.7. The van der Waals surface area contributed by atoms with E-state index in [1.54, 1.807) is 35.5 Å². The van der Waals surface area contributed by atoms with Crippen molar-refractivity contribution in [2.75, 3.05) is 24.5 Å². The number of carbonyl (C=O) groups is 1. The highest BCUT2D eigenvalue weighted by Crippen LogP contribution is 2.32. The van der Waals surface area contributed by atoms with E-state index in [2.05, 4.69) is 4.98 Å². The van der Waals surface area contributed by atoms with Crippen LogP contribution in [0.4, 0.5) is 5.69 Å². The lowest BCUT2D eigenvalue weighted by Crippen LogP contribution is -2.41.